The second-order valence-corrected chi connectivity index (χ2v) is 6.05. The number of carboxylic acids is 1. The Balaban J connectivity index is 1.75. The molecule has 1 saturated heterocycles. The number of hydrogen-bond acceptors (Lipinski definition) is 5. The summed E-state index contributed by atoms with van der Waals surface area (Å²) in [5, 5.41) is 11.8. The van der Waals surface area contributed by atoms with Crippen LogP contribution in [0.1, 0.15) is 44.0 Å². The summed E-state index contributed by atoms with van der Waals surface area (Å²) < 4.78 is 10.6. The van der Waals surface area contributed by atoms with Gasteiger partial charge in [-0.25, -0.2) is 4.79 Å². The molecule has 0 aliphatic carbocycles. The van der Waals surface area contributed by atoms with Crippen LogP contribution in [0.15, 0.2) is 34.7 Å². The van der Waals surface area contributed by atoms with Gasteiger partial charge in [0, 0.05) is 36.8 Å². The Labute approximate surface area is 155 Å². The molecule has 8 nitrogen and oxygen atoms in total. The highest BCUT2D eigenvalue weighted by atomic mass is 16.5. The summed E-state index contributed by atoms with van der Waals surface area (Å²) in [5.41, 5.74) is 0.846. The Bertz CT molecular complexity index is 867. The summed E-state index contributed by atoms with van der Waals surface area (Å²) in [4.78, 5) is 37.8. The van der Waals surface area contributed by atoms with Crippen molar-refractivity contribution >= 4 is 23.5 Å². The van der Waals surface area contributed by atoms with Crippen LogP contribution >= 0.6 is 0 Å². The van der Waals surface area contributed by atoms with E-state index in [4.69, 9.17) is 14.3 Å². The van der Waals surface area contributed by atoms with Crippen molar-refractivity contribution in [3.05, 3.63) is 53.0 Å². The largest absolute Gasteiger partial charge is 0.478 e. The fraction of sp³-hybridized carbons (Fsp3) is 0.316. The minimum Gasteiger partial charge on any atom is -0.478 e. The number of amides is 2. The molecule has 2 amide bonds. The first-order valence-corrected chi connectivity index (χ1v) is 8.64. The number of carboxylic acid groups (broad SMARTS) is 1. The minimum absolute atomic E-state index is 0.0288. The minimum atomic E-state index is -1.15. The van der Waals surface area contributed by atoms with Crippen molar-refractivity contribution < 1.29 is 28.6 Å². The van der Waals surface area contributed by atoms with Crippen LogP contribution in [0.4, 0.5) is 5.69 Å². The number of anilines is 1. The number of morpholine rings is 1. The fourth-order valence-corrected chi connectivity index (χ4v) is 2.86. The molecule has 142 valence electrons. The van der Waals surface area contributed by atoms with Crippen LogP contribution < -0.4 is 5.32 Å². The van der Waals surface area contributed by atoms with Crippen LogP contribution in [0.2, 0.25) is 0 Å². The van der Waals surface area contributed by atoms with Gasteiger partial charge in [0.05, 0.1) is 13.2 Å². The number of hydrogen-bond donors (Lipinski definition) is 2. The summed E-state index contributed by atoms with van der Waals surface area (Å²) in [5.74, 6) is -1.70. The zero-order valence-electron chi connectivity index (χ0n) is 14.9. The number of carbonyl (C=O) groups is 3. The molecule has 1 aromatic heterocycles. The molecule has 8 heteroatoms. The smallest absolute Gasteiger partial charge is 0.339 e. The number of aromatic carboxylic acids is 1. The lowest BCUT2D eigenvalue weighted by molar-refractivity contribution is 0.0303. The predicted octanol–water partition coefficient (Wildman–Crippen LogP) is 2.26. The monoisotopic (exact) mass is 372 g/mol. The van der Waals surface area contributed by atoms with Crippen molar-refractivity contribution in [1.29, 1.82) is 0 Å². The number of carbonyl (C=O) groups excluding carboxylic acids is 2. The zero-order valence-corrected chi connectivity index (χ0v) is 14.9. The van der Waals surface area contributed by atoms with Gasteiger partial charge in [-0.05, 0) is 18.2 Å². The van der Waals surface area contributed by atoms with Crippen molar-refractivity contribution in [3.8, 4) is 0 Å². The third-order valence-corrected chi connectivity index (χ3v) is 4.25. The Morgan fingerprint density at radius 3 is 2.56 bits per heavy atom. The Kier molecular flexibility index (Phi) is 5.56. The van der Waals surface area contributed by atoms with E-state index in [1.165, 1.54) is 6.07 Å². The maximum Gasteiger partial charge on any atom is 0.339 e. The van der Waals surface area contributed by atoms with Crippen molar-refractivity contribution in [2.45, 2.75) is 13.3 Å². The van der Waals surface area contributed by atoms with Crippen LogP contribution in [-0.4, -0.2) is 54.1 Å². The predicted molar refractivity (Wildman–Crippen MR) is 96.2 cm³/mol. The summed E-state index contributed by atoms with van der Waals surface area (Å²) in [6, 6.07) is 7.79. The molecule has 0 radical (unpaired) electrons. The van der Waals surface area contributed by atoms with Crippen LogP contribution in [0.25, 0.3) is 0 Å². The SMILES string of the molecule is CCc1oc(C(=O)Nc2cccc(C(=O)N3CCOCC3)c2)cc1C(=O)O. The molecule has 2 heterocycles. The number of nitrogens with one attached hydrogen (secondary N) is 1. The average Bonchev–Trinajstić information content (AvgIpc) is 3.13. The zero-order chi connectivity index (χ0) is 19.4. The molecule has 0 bridgehead atoms. The van der Waals surface area contributed by atoms with Crippen LogP contribution in [0.3, 0.4) is 0 Å². The standard InChI is InChI=1S/C19H20N2O6/c1-2-15-14(19(24)25)11-16(27-15)17(22)20-13-5-3-4-12(10-13)18(23)21-6-8-26-9-7-21/h3-5,10-11H,2,6-9H2,1H3,(H,20,22)(H,24,25). The van der Waals surface area contributed by atoms with Gasteiger partial charge in [0.1, 0.15) is 11.3 Å². The highest BCUT2D eigenvalue weighted by Crippen LogP contribution is 2.19. The third kappa shape index (κ3) is 4.17. The van der Waals surface area contributed by atoms with E-state index in [-0.39, 0.29) is 23.0 Å². The summed E-state index contributed by atoms with van der Waals surface area (Å²) in [6.45, 7) is 3.81. The van der Waals surface area contributed by atoms with E-state index in [0.717, 1.165) is 0 Å². The van der Waals surface area contributed by atoms with Gasteiger partial charge in [-0.1, -0.05) is 13.0 Å². The molecular formula is C19H20N2O6. The van der Waals surface area contributed by atoms with E-state index in [2.05, 4.69) is 5.32 Å². The number of ether oxygens (including phenoxy) is 1. The molecule has 0 saturated carbocycles. The lowest BCUT2D eigenvalue weighted by atomic mass is 10.1. The van der Waals surface area contributed by atoms with Crippen molar-refractivity contribution in [3.63, 3.8) is 0 Å². The van der Waals surface area contributed by atoms with Gasteiger partial charge < -0.3 is 24.5 Å². The molecule has 3 rings (SSSR count). The van der Waals surface area contributed by atoms with Gasteiger partial charge >= 0.3 is 5.97 Å². The molecule has 27 heavy (non-hydrogen) atoms. The summed E-state index contributed by atoms with van der Waals surface area (Å²) >= 11 is 0. The quantitative estimate of drug-likeness (QED) is 0.833. The Hall–Kier alpha value is -3.13. The maximum atomic E-state index is 12.5. The second kappa shape index (κ2) is 8.05. The van der Waals surface area contributed by atoms with E-state index in [9.17, 15) is 14.4 Å². The van der Waals surface area contributed by atoms with Crippen molar-refractivity contribution in [2.24, 2.45) is 0 Å². The van der Waals surface area contributed by atoms with Crippen LogP contribution in [0.5, 0.6) is 0 Å². The van der Waals surface area contributed by atoms with Gasteiger partial charge in [0.25, 0.3) is 11.8 Å². The molecule has 1 aliphatic rings. The molecule has 0 atom stereocenters. The molecule has 0 unspecified atom stereocenters. The Morgan fingerprint density at radius 1 is 1.19 bits per heavy atom. The van der Waals surface area contributed by atoms with Crippen LogP contribution in [0, 0.1) is 0 Å². The Morgan fingerprint density at radius 2 is 1.93 bits per heavy atom. The first-order valence-electron chi connectivity index (χ1n) is 8.64. The molecular weight excluding hydrogens is 352 g/mol. The molecule has 2 aromatic rings. The average molecular weight is 372 g/mol. The first kappa shape index (κ1) is 18.7. The van der Waals surface area contributed by atoms with E-state index < -0.39 is 11.9 Å². The highest BCUT2D eigenvalue weighted by molar-refractivity contribution is 6.05. The number of furan rings is 1. The third-order valence-electron chi connectivity index (χ3n) is 4.25. The van der Waals surface area contributed by atoms with Crippen LogP contribution in [-0.2, 0) is 11.2 Å². The van der Waals surface area contributed by atoms with Gasteiger partial charge in [0.2, 0.25) is 0 Å². The number of nitrogens with zero attached hydrogens (tertiary/aromatic N) is 1. The molecule has 1 fully saturated rings. The normalized spacial score (nSPS) is 14.0. The molecule has 1 aliphatic heterocycles. The second-order valence-electron chi connectivity index (χ2n) is 6.05. The van der Waals surface area contributed by atoms with Gasteiger partial charge in [-0.2, -0.15) is 0 Å². The van der Waals surface area contributed by atoms with E-state index in [1.807, 2.05) is 0 Å². The highest BCUT2D eigenvalue weighted by Gasteiger charge is 2.21. The molecule has 1 aromatic carbocycles. The lowest BCUT2D eigenvalue weighted by Gasteiger charge is -2.27. The molecule has 0 spiro atoms. The number of benzene rings is 1. The van der Waals surface area contributed by atoms with E-state index in [0.29, 0.717) is 44.0 Å². The summed E-state index contributed by atoms with van der Waals surface area (Å²) in [6.07, 6.45) is 0.360. The van der Waals surface area contributed by atoms with E-state index in [1.54, 1.807) is 36.1 Å². The molecule has 2 N–H and O–H groups in total. The fourth-order valence-electron chi connectivity index (χ4n) is 2.86. The van der Waals surface area contributed by atoms with Gasteiger partial charge in [0.15, 0.2) is 5.76 Å². The first-order chi connectivity index (χ1) is 13.0. The maximum absolute atomic E-state index is 12.5. The lowest BCUT2D eigenvalue weighted by Crippen LogP contribution is -2.40. The van der Waals surface area contributed by atoms with Crippen molar-refractivity contribution in [1.82, 2.24) is 4.90 Å². The topological polar surface area (TPSA) is 109 Å². The number of rotatable bonds is 5. The number of aryl methyl sites for hydroxylation is 1. The van der Waals surface area contributed by atoms with Gasteiger partial charge in [-0.15, -0.1) is 0 Å². The van der Waals surface area contributed by atoms with Gasteiger partial charge in [-0.3, -0.25) is 9.59 Å². The van der Waals surface area contributed by atoms with Crippen molar-refractivity contribution in [2.75, 3.05) is 31.6 Å². The van der Waals surface area contributed by atoms with E-state index >= 15 is 0 Å². The summed E-state index contributed by atoms with van der Waals surface area (Å²) in [7, 11) is 0.